The van der Waals surface area contributed by atoms with Crippen molar-refractivity contribution in [3.05, 3.63) is 65.2 Å². The number of rotatable bonds is 8. The third kappa shape index (κ3) is 6.98. The van der Waals surface area contributed by atoms with E-state index in [1.807, 2.05) is 44.2 Å². The van der Waals surface area contributed by atoms with Crippen molar-refractivity contribution in [3.8, 4) is 5.75 Å². The number of nitrogens with one attached hydrogen (secondary N) is 1. The summed E-state index contributed by atoms with van der Waals surface area (Å²) < 4.78 is 10.5. The number of amides is 1. The van der Waals surface area contributed by atoms with Crippen molar-refractivity contribution < 1.29 is 19.1 Å². The van der Waals surface area contributed by atoms with Gasteiger partial charge in [0.05, 0.1) is 19.6 Å². The third-order valence-corrected chi connectivity index (χ3v) is 3.81. The quantitative estimate of drug-likeness (QED) is 0.558. The van der Waals surface area contributed by atoms with Gasteiger partial charge < -0.3 is 14.8 Å². The zero-order chi connectivity index (χ0) is 19.6. The largest absolute Gasteiger partial charge is 0.493 e. The maximum absolute atomic E-state index is 12.0. The van der Waals surface area contributed by atoms with E-state index in [1.54, 1.807) is 25.1 Å². The number of carbonyl (C=O) groups is 2. The van der Waals surface area contributed by atoms with Crippen molar-refractivity contribution in [1.29, 1.82) is 0 Å². The van der Waals surface area contributed by atoms with Gasteiger partial charge in [0.1, 0.15) is 5.75 Å². The van der Waals surface area contributed by atoms with Crippen LogP contribution in [0.5, 0.6) is 5.75 Å². The molecule has 0 saturated heterocycles. The Hall–Kier alpha value is -3.08. The van der Waals surface area contributed by atoms with Crippen LogP contribution in [0.1, 0.15) is 30.0 Å². The highest BCUT2D eigenvalue weighted by molar-refractivity contribution is 5.91. The number of hydrogen-bond donors (Lipinski definition) is 1. The fourth-order valence-corrected chi connectivity index (χ4v) is 2.47. The summed E-state index contributed by atoms with van der Waals surface area (Å²) in [6.07, 6.45) is 3.31. The number of ether oxygens (including phenoxy) is 2. The van der Waals surface area contributed by atoms with Crippen molar-refractivity contribution in [2.45, 2.75) is 27.2 Å². The molecule has 0 aliphatic carbocycles. The SMILES string of the molecule is CCOC(=O)/C=C/c1ccc(NC(=O)CCOc2ccc(C)cc2C)cc1. The van der Waals surface area contributed by atoms with Crippen LogP contribution in [-0.2, 0) is 14.3 Å². The monoisotopic (exact) mass is 367 g/mol. The van der Waals surface area contributed by atoms with Crippen LogP contribution in [0, 0.1) is 13.8 Å². The van der Waals surface area contributed by atoms with Crippen molar-refractivity contribution in [2.75, 3.05) is 18.5 Å². The van der Waals surface area contributed by atoms with Crippen molar-refractivity contribution in [1.82, 2.24) is 0 Å². The smallest absolute Gasteiger partial charge is 0.330 e. The van der Waals surface area contributed by atoms with Gasteiger partial charge in [0.25, 0.3) is 0 Å². The van der Waals surface area contributed by atoms with Crippen LogP contribution < -0.4 is 10.1 Å². The van der Waals surface area contributed by atoms with E-state index in [-0.39, 0.29) is 18.3 Å². The van der Waals surface area contributed by atoms with Crippen molar-refractivity contribution >= 4 is 23.6 Å². The average molecular weight is 367 g/mol. The van der Waals surface area contributed by atoms with Crippen LogP contribution in [-0.4, -0.2) is 25.1 Å². The standard InChI is InChI=1S/C22H25NO4/c1-4-26-22(25)12-8-18-6-9-19(10-7-18)23-21(24)13-14-27-20-11-5-16(2)15-17(20)3/h5-12,15H,4,13-14H2,1-3H3,(H,23,24)/b12-8+. The molecule has 27 heavy (non-hydrogen) atoms. The molecule has 0 heterocycles. The predicted molar refractivity (Wildman–Crippen MR) is 107 cm³/mol. The summed E-state index contributed by atoms with van der Waals surface area (Å²) >= 11 is 0. The van der Waals surface area contributed by atoms with Gasteiger partial charge in [0, 0.05) is 11.8 Å². The van der Waals surface area contributed by atoms with Gasteiger partial charge >= 0.3 is 5.97 Å². The molecule has 2 aromatic carbocycles. The zero-order valence-corrected chi connectivity index (χ0v) is 16.0. The Morgan fingerprint density at radius 1 is 1.07 bits per heavy atom. The molecule has 0 bridgehead atoms. The molecule has 0 atom stereocenters. The highest BCUT2D eigenvalue weighted by Gasteiger charge is 2.05. The van der Waals surface area contributed by atoms with Crippen LogP contribution in [0.25, 0.3) is 6.08 Å². The van der Waals surface area contributed by atoms with Gasteiger partial charge in [-0.05, 0) is 56.2 Å². The minimum Gasteiger partial charge on any atom is -0.493 e. The molecule has 1 amide bonds. The van der Waals surface area contributed by atoms with Crippen LogP contribution >= 0.6 is 0 Å². The second kappa shape index (κ2) is 10.2. The topological polar surface area (TPSA) is 64.6 Å². The molecule has 0 fully saturated rings. The molecule has 0 radical (unpaired) electrons. The first kappa shape index (κ1) is 20.2. The number of hydrogen-bond acceptors (Lipinski definition) is 4. The predicted octanol–water partition coefficient (Wildman–Crippen LogP) is 4.29. The van der Waals surface area contributed by atoms with Gasteiger partial charge in [0.2, 0.25) is 5.91 Å². The highest BCUT2D eigenvalue weighted by atomic mass is 16.5. The maximum Gasteiger partial charge on any atom is 0.330 e. The zero-order valence-electron chi connectivity index (χ0n) is 16.0. The fourth-order valence-electron chi connectivity index (χ4n) is 2.47. The molecule has 5 heteroatoms. The number of anilines is 1. The second-order valence-corrected chi connectivity index (χ2v) is 6.12. The van der Waals surface area contributed by atoms with Crippen LogP contribution in [0.3, 0.4) is 0 Å². The Bertz CT molecular complexity index is 810. The molecular weight excluding hydrogens is 342 g/mol. The normalized spacial score (nSPS) is 10.6. The fraction of sp³-hybridized carbons (Fsp3) is 0.273. The summed E-state index contributed by atoms with van der Waals surface area (Å²) in [7, 11) is 0. The molecule has 0 spiro atoms. The van der Waals surface area contributed by atoms with Crippen molar-refractivity contribution in [3.63, 3.8) is 0 Å². The maximum atomic E-state index is 12.0. The summed E-state index contributed by atoms with van der Waals surface area (Å²) in [5, 5.41) is 2.83. The lowest BCUT2D eigenvalue weighted by Crippen LogP contribution is -2.15. The van der Waals surface area contributed by atoms with Gasteiger partial charge in [-0.2, -0.15) is 0 Å². The van der Waals surface area contributed by atoms with E-state index < -0.39 is 0 Å². The summed E-state index contributed by atoms with van der Waals surface area (Å²) in [5.74, 6) is 0.305. The molecule has 0 aromatic heterocycles. The minimum atomic E-state index is -0.376. The number of esters is 1. The molecule has 0 aliphatic heterocycles. The molecule has 0 saturated carbocycles. The van der Waals surface area contributed by atoms with Crippen LogP contribution in [0.2, 0.25) is 0 Å². The molecule has 0 unspecified atom stereocenters. The number of aryl methyl sites for hydroxylation is 2. The van der Waals surface area contributed by atoms with E-state index in [9.17, 15) is 9.59 Å². The van der Waals surface area contributed by atoms with E-state index in [0.29, 0.717) is 18.9 Å². The lowest BCUT2D eigenvalue weighted by Gasteiger charge is -2.10. The van der Waals surface area contributed by atoms with E-state index in [1.165, 1.54) is 11.6 Å². The lowest BCUT2D eigenvalue weighted by molar-refractivity contribution is -0.137. The highest BCUT2D eigenvalue weighted by Crippen LogP contribution is 2.19. The van der Waals surface area contributed by atoms with Gasteiger partial charge in [-0.1, -0.05) is 29.8 Å². The third-order valence-electron chi connectivity index (χ3n) is 3.81. The first-order valence-corrected chi connectivity index (χ1v) is 8.92. The van der Waals surface area contributed by atoms with Crippen LogP contribution in [0.4, 0.5) is 5.69 Å². The van der Waals surface area contributed by atoms with E-state index in [2.05, 4.69) is 5.32 Å². The lowest BCUT2D eigenvalue weighted by atomic mass is 10.1. The summed E-state index contributed by atoms with van der Waals surface area (Å²) in [4.78, 5) is 23.3. The number of benzene rings is 2. The summed E-state index contributed by atoms with van der Waals surface area (Å²) in [6.45, 7) is 6.44. The summed E-state index contributed by atoms with van der Waals surface area (Å²) in [5.41, 5.74) is 3.78. The number of carbonyl (C=O) groups excluding carboxylic acids is 2. The Kier molecular flexibility index (Phi) is 7.62. The summed E-state index contributed by atoms with van der Waals surface area (Å²) in [6, 6.07) is 13.2. The minimum absolute atomic E-state index is 0.116. The first-order chi connectivity index (χ1) is 13.0. The average Bonchev–Trinajstić information content (AvgIpc) is 2.63. The molecular formula is C22H25NO4. The van der Waals surface area contributed by atoms with E-state index >= 15 is 0 Å². The van der Waals surface area contributed by atoms with Crippen molar-refractivity contribution in [2.24, 2.45) is 0 Å². The van der Waals surface area contributed by atoms with Gasteiger partial charge in [0.15, 0.2) is 0 Å². The molecule has 2 rings (SSSR count). The van der Waals surface area contributed by atoms with Gasteiger partial charge in [-0.25, -0.2) is 4.79 Å². The Morgan fingerprint density at radius 3 is 2.48 bits per heavy atom. The molecule has 2 aromatic rings. The molecule has 1 N–H and O–H groups in total. The Balaban J connectivity index is 1.79. The first-order valence-electron chi connectivity index (χ1n) is 8.92. The van der Waals surface area contributed by atoms with E-state index in [4.69, 9.17) is 9.47 Å². The second-order valence-electron chi connectivity index (χ2n) is 6.12. The Morgan fingerprint density at radius 2 is 1.81 bits per heavy atom. The molecule has 142 valence electrons. The van der Waals surface area contributed by atoms with E-state index in [0.717, 1.165) is 16.9 Å². The molecule has 0 aliphatic rings. The van der Waals surface area contributed by atoms with Gasteiger partial charge in [-0.3, -0.25) is 4.79 Å². The van der Waals surface area contributed by atoms with Gasteiger partial charge in [-0.15, -0.1) is 0 Å². The van der Waals surface area contributed by atoms with Crippen LogP contribution in [0.15, 0.2) is 48.5 Å². The Labute approximate surface area is 160 Å². The molecule has 5 nitrogen and oxygen atoms in total.